The average Bonchev–Trinajstić information content (AvgIpc) is 3.38. The molecule has 0 fully saturated rings. The van der Waals surface area contributed by atoms with Gasteiger partial charge in [0.25, 0.3) is 5.91 Å². The number of carbonyl (C=O) groups excluding carboxylic acids is 3. The number of ether oxygens (including phenoxy) is 1. The molecule has 0 atom stereocenters. The molecule has 0 aliphatic heterocycles. The van der Waals surface area contributed by atoms with Crippen molar-refractivity contribution in [1.82, 2.24) is 5.32 Å². The SMILES string of the molecule is CC(C)(NC(=O)OCC1c2ccccc2-c2ccccc21)C(=O)Nc1c(C(N)=O)oc2ccc(Cl)cc12. The molecule has 1 heterocycles. The smallest absolute Gasteiger partial charge is 0.408 e. The van der Waals surface area contributed by atoms with Crippen molar-refractivity contribution in [2.75, 3.05) is 11.9 Å². The molecule has 0 spiro atoms. The van der Waals surface area contributed by atoms with Crippen molar-refractivity contribution in [3.63, 3.8) is 0 Å². The molecule has 0 radical (unpaired) electrons. The van der Waals surface area contributed by atoms with E-state index in [4.69, 9.17) is 26.5 Å². The largest absolute Gasteiger partial charge is 0.449 e. The van der Waals surface area contributed by atoms with Crippen LogP contribution in [0.3, 0.4) is 0 Å². The van der Waals surface area contributed by atoms with E-state index in [0.717, 1.165) is 22.3 Å². The maximum absolute atomic E-state index is 13.2. The van der Waals surface area contributed by atoms with Crippen molar-refractivity contribution < 1.29 is 23.5 Å². The fraction of sp³-hybridized carbons (Fsp3) is 0.179. The minimum Gasteiger partial charge on any atom is -0.449 e. The number of alkyl carbamates (subject to hydrolysis) is 1. The van der Waals surface area contributed by atoms with E-state index in [1.54, 1.807) is 18.2 Å². The molecule has 3 aromatic carbocycles. The third-order valence-electron chi connectivity index (χ3n) is 6.44. The van der Waals surface area contributed by atoms with Crippen LogP contribution in [0.1, 0.15) is 41.4 Å². The van der Waals surface area contributed by atoms with Gasteiger partial charge in [-0.1, -0.05) is 60.1 Å². The van der Waals surface area contributed by atoms with Gasteiger partial charge in [-0.25, -0.2) is 4.79 Å². The predicted octanol–water partition coefficient (Wildman–Crippen LogP) is 5.44. The highest BCUT2D eigenvalue weighted by Gasteiger charge is 2.34. The summed E-state index contributed by atoms with van der Waals surface area (Å²) < 4.78 is 11.1. The molecule has 5 rings (SSSR count). The number of amides is 3. The van der Waals surface area contributed by atoms with Crippen LogP contribution in [0.2, 0.25) is 5.02 Å². The molecule has 0 bridgehead atoms. The summed E-state index contributed by atoms with van der Waals surface area (Å²) >= 11 is 6.08. The molecule has 4 aromatic rings. The van der Waals surface area contributed by atoms with Gasteiger partial charge < -0.3 is 25.5 Å². The first-order chi connectivity index (χ1) is 17.7. The van der Waals surface area contributed by atoms with Crippen LogP contribution in [0.4, 0.5) is 10.5 Å². The normalized spacial score (nSPS) is 12.6. The first kappa shape index (κ1) is 24.4. The number of nitrogens with two attached hydrogens (primary N) is 1. The molecule has 9 heteroatoms. The molecule has 1 aromatic heterocycles. The maximum atomic E-state index is 13.2. The van der Waals surface area contributed by atoms with Crippen molar-refractivity contribution in [2.45, 2.75) is 25.3 Å². The van der Waals surface area contributed by atoms with E-state index >= 15 is 0 Å². The summed E-state index contributed by atoms with van der Waals surface area (Å²) in [5.41, 5.74) is 8.84. The Kier molecular flexibility index (Phi) is 6.13. The van der Waals surface area contributed by atoms with E-state index in [2.05, 4.69) is 22.8 Å². The van der Waals surface area contributed by atoms with E-state index in [1.165, 1.54) is 13.8 Å². The fourth-order valence-corrected chi connectivity index (χ4v) is 4.76. The van der Waals surface area contributed by atoms with E-state index in [0.29, 0.717) is 16.0 Å². The van der Waals surface area contributed by atoms with Crippen LogP contribution in [-0.2, 0) is 9.53 Å². The Morgan fingerprint density at radius 2 is 1.62 bits per heavy atom. The highest BCUT2D eigenvalue weighted by molar-refractivity contribution is 6.31. The van der Waals surface area contributed by atoms with Crippen molar-refractivity contribution in [3.05, 3.63) is 88.6 Å². The Bertz CT molecular complexity index is 1510. The zero-order chi connectivity index (χ0) is 26.3. The van der Waals surface area contributed by atoms with Crippen LogP contribution in [-0.4, -0.2) is 30.1 Å². The van der Waals surface area contributed by atoms with E-state index in [1.807, 2.05) is 36.4 Å². The molecule has 4 N–H and O–H groups in total. The highest BCUT2D eigenvalue weighted by atomic mass is 35.5. The van der Waals surface area contributed by atoms with Gasteiger partial charge in [-0.15, -0.1) is 0 Å². The molecule has 0 unspecified atom stereocenters. The molecule has 1 aliphatic carbocycles. The van der Waals surface area contributed by atoms with Crippen molar-refractivity contribution in [2.24, 2.45) is 5.73 Å². The van der Waals surface area contributed by atoms with Gasteiger partial charge in [-0.2, -0.15) is 0 Å². The van der Waals surface area contributed by atoms with Crippen LogP contribution in [0.5, 0.6) is 0 Å². The summed E-state index contributed by atoms with van der Waals surface area (Å²) in [4.78, 5) is 37.8. The number of furan rings is 1. The van der Waals surface area contributed by atoms with Gasteiger partial charge in [0.1, 0.15) is 23.4 Å². The van der Waals surface area contributed by atoms with Crippen LogP contribution in [0, 0.1) is 0 Å². The molecular formula is C28H24ClN3O5. The fourth-order valence-electron chi connectivity index (χ4n) is 4.58. The summed E-state index contributed by atoms with van der Waals surface area (Å²) in [5, 5.41) is 6.04. The number of fused-ring (bicyclic) bond motifs is 4. The second-order valence-electron chi connectivity index (χ2n) is 9.34. The zero-order valence-electron chi connectivity index (χ0n) is 20.1. The lowest BCUT2D eigenvalue weighted by Gasteiger charge is -2.25. The molecule has 0 saturated heterocycles. The molecule has 3 amide bonds. The number of primary amides is 1. The monoisotopic (exact) mass is 517 g/mol. The van der Waals surface area contributed by atoms with Crippen molar-refractivity contribution in [3.8, 4) is 11.1 Å². The van der Waals surface area contributed by atoms with Gasteiger partial charge in [0.15, 0.2) is 0 Å². The quantitative estimate of drug-likeness (QED) is 0.314. The number of hydrogen-bond donors (Lipinski definition) is 3. The summed E-state index contributed by atoms with van der Waals surface area (Å²) in [6.07, 6.45) is -0.753. The van der Waals surface area contributed by atoms with Gasteiger partial charge in [0.2, 0.25) is 11.7 Å². The third kappa shape index (κ3) is 4.51. The van der Waals surface area contributed by atoms with Crippen LogP contribution in [0.25, 0.3) is 22.1 Å². The number of nitrogens with one attached hydrogen (secondary N) is 2. The summed E-state index contributed by atoms with van der Waals surface area (Å²) in [6.45, 7) is 3.14. The second-order valence-corrected chi connectivity index (χ2v) is 9.78. The van der Waals surface area contributed by atoms with Gasteiger partial charge in [-0.05, 0) is 54.3 Å². The molecule has 188 valence electrons. The van der Waals surface area contributed by atoms with Gasteiger partial charge in [0.05, 0.1) is 0 Å². The summed E-state index contributed by atoms with van der Waals surface area (Å²) in [6, 6.07) is 20.7. The van der Waals surface area contributed by atoms with Crippen LogP contribution < -0.4 is 16.4 Å². The molecule has 37 heavy (non-hydrogen) atoms. The van der Waals surface area contributed by atoms with Gasteiger partial charge in [-0.3, -0.25) is 9.59 Å². The summed E-state index contributed by atoms with van der Waals surface area (Å²) in [7, 11) is 0. The Hall–Kier alpha value is -4.30. The maximum Gasteiger partial charge on any atom is 0.408 e. The Labute approximate surface area is 217 Å². The molecule has 8 nitrogen and oxygen atoms in total. The summed E-state index contributed by atoms with van der Waals surface area (Å²) in [5.74, 6) is -1.80. The van der Waals surface area contributed by atoms with E-state index < -0.39 is 23.4 Å². The lowest BCUT2D eigenvalue weighted by molar-refractivity contribution is -0.121. The standard InChI is InChI=1S/C28H24ClN3O5/c1-28(2,26(34)31-23-20-13-15(29)11-12-22(20)37-24(23)25(30)33)32-27(35)36-14-21-18-9-5-3-7-16(18)17-8-4-6-10-19(17)21/h3-13,21H,14H2,1-2H3,(H2,30,33)(H,31,34)(H,32,35). The van der Waals surface area contributed by atoms with Gasteiger partial charge >= 0.3 is 6.09 Å². The average molecular weight is 518 g/mol. The first-order valence-corrected chi connectivity index (χ1v) is 12.0. The topological polar surface area (TPSA) is 124 Å². The predicted molar refractivity (Wildman–Crippen MR) is 141 cm³/mol. The van der Waals surface area contributed by atoms with Crippen molar-refractivity contribution in [1.29, 1.82) is 0 Å². The van der Waals surface area contributed by atoms with Gasteiger partial charge in [0, 0.05) is 16.3 Å². The number of benzene rings is 3. The van der Waals surface area contributed by atoms with Crippen molar-refractivity contribution >= 4 is 46.2 Å². The Balaban J connectivity index is 1.30. The lowest BCUT2D eigenvalue weighted by atomic mass is 9.98. The van der Waals surface area contributed by atoms with Crippen LogP contribution in [0.15, 0.2) is 71.1 Å². The molecular weight excluding hydrogens is 494 g/mol. The third-order valence-corrected chi connectivity index (χ3v) is 6.67. The van der Waals surface area contributed by atoms with Crippen LogP contribution >= 0.6 is 11.6 Å². The second kappa shape index (κ2) is 9.29. The highest BCUT2D eigenvalue weighted by Crippen LogP contribution is 2.44. The number of halogens is 1. The van der Waals surface area contributed by atoms with E-state index in [9.17, 15) is 14.4 Å². The van der Waals surface area contributed by atoms with E-state index in [-0.39, 0.29) is 24.0 Å². The minimum absolute atomic E-state index is 0.0809. The number of carbonyl (C=O) groups is 3. The Morgan fingerprint density at radius 1 is 1.00 bits per heavy atom. The lowest BCUT2D eigenvalue weighted by Crippen LogP contribution is -2.52. The first-order valence-electron chi connectivity index (χ1n) is 11.6. The zero-order valence-corrected chi connectivity index (χ0v) is 20.9. The molecule has 0 saturated carbocycles. The Morgan fingerprint density at radius 3 is 2.24 bits per heavy atom. The number of hydrogen-bond acceptors (Lipinski definition) is 5. The minimum atomic E-state index is -1.40. The number of anilines is 1. The molecule has 1 aliphatic rings. The number of rotatable bonds is 6.